The number of para-hydroxylation sites is 1. The van der Waals surface area contributed by atoms with Crippen molar-refractivity contribution in [3.05, 3.63) is 70.9 Å². The van der Waals surface area contributed by atoms with Crippen molar-refractivity contribution in [2.45, 2.75) is 0 Å². The van der Waals surface area contributed by atoms with Gasteiger partial charge in [0.2, 0.25) is 0 Å². The van der Waals surface area contributed by atoms with E-state index >= 15 is 0 Å². The smallest absolute Gasteiger partial charge is 0.199 e. The minimum absolute atomic E-state index is 0.164. The van der Waals surface area contributed by atoms with Gasteiger partial charge in [-0.3, -0.25) is 9.59 Å². The summed E-state index contributed by atoms with van der Waals surface area (Å²) in [6.07, 6.45) is 3.44. The Balaban J connectivity index is 1.89. The van der Waals surface area contributed by atoms with Crippen LogP contribution in [0.5, 0.6) is 0 Å². The fourth-order valence-electron chi connectivity index (χ4n) is 2.90. The molecule has 0 amide bonds. The minimum atomic E-state index is -0.302. The zero-order valence-electron chi connectivity index (χ0n) is 11.6. The Labute approximate surface area is 126 Å². The molecule has 1 aliphatic carbocycles. The number of nitrogen functional groups attached to an aromatic ring is 1. The molecule has 4 nitrogen and oxygen atoms in total. The van der Waals surface area contributed by atoms with E-state index in [2.05, 4.69) is 4.98 Å². The summed E-state index contributed by atoms with van der Waals surface area (Å²) < 4.78 is 0. The summed E-state index contributed by atoms with van der Waals surface area (Å²) in [5.41, 5.74) is 8.84. The van der Waals surface area contributed by atoms with Gasteiger partial charge >= 0.3 is 0 Å². The van der Waals surface area contributed by atoms with Gasteiger partial charge in [0.1, 0.15) is 0 Å². The van der Waals surface area contributed by atoms with E-state index in [0.717, 1.165) is 16.5 Å². The Morgan fingerprint density at radius 1 is 0.955 bits per heavy atom. The largest absolute Gasteiger partial charge is 0.398 e. The quantitative estimate of drug-likeness (QED) is 0.410. The van der Waals surface area contributed by atoms with E-state index in [1.165, 1.54) is 0 Å². The lowest BCUT2D eigenvalue weighted by atomic mass is 10.1. The van der Waals surface area contributed by atoms with Crippen molar-refractivity contribution in [3.8, 4) is 0 Å². The summed E-state index contributed by atoms with van der Waals surface area (Å²) in [7, 11) is 0. The third kappa shape index (κ3) is 1.64. The molecule has 22 heavy (non-hydrogen) atoms. The van der Waals surface area contributed by atoms with Crippen LogP contribution in [-0.4, -0.2) is 16.6 Å². The van der Waals surface area contributed by atoms with Gasteiger partial charge in [-0.2, -0.15) is 0 Å². The lowest BCUT2D eigenvalue weighted by Gasteiger charge is -1.98. The van der Waals surface area contributed by atoms with Crippen LogP contribution in [0.1, 0.15) is 26.3 Å². The minimum Gasteiger partial charge on any atom is -0.398 e. The van der Waals surface area contributed by atoms with Crippen LogP contribution in [0.25, 0.3) is 17.0 Å². The second-order valence-corrected chi connectivity index (χ2v) is 5.28. The second-order valence-electron chi connectivity index (χ2n) is 5.28. The van der Waals surface area contributed by atoms with Crippen molar-refractivity contribution in [1.82, 2.24) is 4.98 Å². The number of anilines is 1. The molecule has 0 aliphatic heterocycles. The molecule has 0 spiro atoms. The summed E-state index contributed by atoms with van der Waals surface area (Å²) >= 11 is 0. The molecule has 1 aromatic heterocycles. The Morgan fingerprint density at radius 3 is 2.59 bits per heavy atom. The topological polar surface area (TPSA) is 76.0 Å². The van der Waals surface area contributed by atoms with Crippen molar-refractivity contribution >= 4 is 34.2 Å². The fourth-order valence-corrected chi connectivity index (χ4v) is 2.90. The van der Waals surface area contributed by atoms with E-state index < -0.39 is 0 Å². The maximum atomic E-state index is 12.5. The first kappa shape index (κ1) is 12.6. The van der Waals surface area contributed by atoms with E-state index in [9.17, 15) is 9.59 Å². The summed E-state index contributed by atoms with van der Waals surface area (Å²) in [5, 5.41) is 0.972. The number of carbonyl (C=O) groups excluding carboxylic acids is 2. The molecular weight excluding hydrogens is 276 g/mol. The maximum Gasteiger partial charge on any atom is 0.199 e. The molecule has 0 bridgehead atoms. The van der Waals surface area contributed by atoms with Gasteiger partial charge in [-0.1, -0.05) is 30.3 Å². The van der Waals surface area contributed by atoms with Crippen LogP contribution >= 0.6 is 0 Å². The van der Waals surface area contributed by atoms with Gasteiger partial charge in [0, 0.05) is 33.9 Å². The highest BCUT2D eigenvalue weighted by atomic mass is 16.2. The summed E-state index contributed by atoms with van der Waals surface area (Å²) in [6, 6.07) is 12.7. The molecular formula is C18H12N2O2. The maximum absolute atomic E-state index is 12.5. The van der Waals surface area contributed by atoms with Crippen molar-refractivity contribution in [3.63, 3.8) is 0 Å². The van der Waals surface area contributed by atoms with Gasteiger partial charge in [0.25, 0.3) is 0 Å². The average Bonchev–Trinajstić information content (AvgIpc) is 3.04. The van der Waals surface area contributed by atoms with Crippen molar-refractivity contribution in [2.24, 2.45) is 0 Å². The third-order valence-electron chi connectivity index (χ3n) is 3.98. The van der Waals surface area contributed by atoms with Crippen molar-refractivity contribution in [2.75, 3.05) is 5.73 Å². The normalized spacial score (nSPS) is 15.7. The zero-order valence-corrected chi connectivity index (χ0v) is 11.6. The number of hydrogen-bond acceptors (Lipinski definition) is 3. The first-order valence-corrected chi connectivity index (χ1v) is 6.92. The number of benzene rings is 2. The van der Waals surface area contributed by atoms with Crippen molar-refractivity contribution < 1.29 is 9.59 Å². The summed E-state index contributed by atoms with van der Waals surface area (Å²) in [4.78, 5) is 28.1. The Kier molecular flexibility index (Phi) is 2.53. The van der Waals surface area contributed by atoms with Gasteiger partial charge in [-0.15, -0.1) is 0 Å². The fraction of sp³-hybridized carbons (Fsp3) is 0. The Morgan fingerprint density at radius 2 is 1.77 bits per heavy atom. The highest BCUT2D eigenvalue weighted by Crippen LogP contribution is 2.32. The molecule has 0 fully saturated rings. The lowest BCUT2D eigenvalue weighted by molar-refractivity contribution is 0.0991. The number of ketones is 2. The van der Waals surface area contributed by atoms with Gasteiger partial charge in [0.15, 0.2) is 11.6 Å². The predicted octanol–water partition coefficient (Wildman–Crippen LogP) is 3.21. The van der Waals surface area contributed by atoms with Gasteiger partial charge in [0.05, 0.1) is 11.1 Å². The molecule has 4 heteroatoms. The highest BCUT2D eigenvalue weighted by molar-refractivity contribution is 6.42. The number of fused-ring (bicyclic) bond motifs is 2. The standard InChI is InChI=1S/C18H12N2O2/c19-14-6-3-5-12-16(14)18(22)13(17(12)21)8-10-9-20-15-7-2-1-4-11(10)15/h1-9,20H,19H2. The third-order valence-corrected chi connectivity index (χ3v) is 3.98. The molecule has 2 aromatic carbocycles. The first-order valence-electron chi connectivity index (χ1n) is 6.92. The molecule has 0 saturated carbocycles. The number of H-pyrrole nitrogens is 1. The van der Waals surface area contributed by atoms with Gasteiger partial charge in [-0.25, -0.2) is 0 Å². The van der Waals surface area contributed by atoms with Crippen LogP contribution in [0.3, 0.4) is 0 Å². The number of rotatable bonds is 1. The van der Waals surface area contributed by atoms with E-state index in [1.54, 1.807) is 30.5 Å². The number of aromatic nitrogens is 1. The first-order chi connectivity index (χ1) is 10.7. The van der Waals surface area contributed by atoms with Crippen LogP contribution in [0.2, 0.25) is 0 Å². The number of hydrogen-bond donors (Lipinski definition) is 2. The van der Waals surface area contributed by atoms with Gasteiger partial charge < -0.3 is 10.7 Å². The summed E-state index contributed by atoms with van der Waals surface area (Å²) in [6.45, 7) is 0. The van der Waals surface area contributed by atoms with Crippen LogP contribution in [0.4, 0.5) is 5.69 Å². The molecule has 4 rings (SSSR count). The molecule has 3 aromatic rings. The number of aromatic amines is 1. The molecule has 1 aliphatic rings. The van der Waals surface area contributed by atoms with Crippen LogP contribution < -0.4 is 5.73 Å². The number of carbonyl (C=O) groups is 2. The molecule has 0 saturated heterocycles. The Hall–Kier alpha value is -3.14. The Bertz CT molecular complexity index is 980. The SMILES string of the molecule is Nc1cccc2c1C(=O)C(=Cc1c[nH]c3ccccc13)C2=O. The van der Waals surface area contributed by atoms with E-state index in [4.69, 9.17) is 5.73 Å². The molecule has 0 unspecified atom stereocenters. The van der Waals surface area contributed by atoms with Gasteiger partial charge in [-0.05, 0) is 18.2 Å². The molecule has 0 atom stereocenters. The number of allylic oxidation sites excluding steroid dienone is 1. The number of nitrogens with one attached hydrogen (secondary N) is 1. The highest BCUT2D eigenvalue weighted by Gasteiger charge is 2.34. The van der Waals surface area contributed by atoms with E-state index in [-0.39, 0.29) is 17.1 Å². The van der Waals surface area contributed by atoms with E-state index in [1.807, 2.05) is 24.3 Å². The number of Topliss-reactive ketones (excluding diaryl/α,β-unsaturated/α-hetero) is 2. The second kappa shape index (κ2) is 4.43. The zero-order chi connectivity index (χ0) is 15.3. The molecule has 3 N–H and O–H groups in total. The average molecular weight is 288 g/mol. The van der Waals surface area contributed by atoms with Crippen LogP contribution in [0.15, 0.2) is 54.2 Å². The molecule has 0 radical (unpaired) electrons. The molecule has 106 valence electrons. The van der Waals surface area contributed by atoms with E-state index in [0.29, 0.717) is 16.8 Å². The lowest BCUT2D eigenvalue weighted by Crippen LogP contribution is -2.01. The molecule has 1 heterocycles. The number of nitrogens with two attached hydrogens (primary N) is 1. The monoisotopic (exact) mass is 288 g/mol. The van der Waals surface area contributed by atoms with Crippen LogP contribution in [0, 0.1) is 0 Å². The van der Waals surface area contributed by atoms with Crippen molar-refractivity contribution in [1.29, 1.82) is 0 Å². The predicted molar refractivity (Wildman–Crippen MR) is 85.8 cm³/mol. The van der Waals surface area contributed by atoms with Crippen LogP contribution in [-0.2, 0) is 0 Å². The summed E-state index contributed by atoms with van der Waals surface area (Å²) in [5.74, 6) is -0.569.